The molecule has 0 fully saturated rings. The molecule has 0 atom stereocenters. The summed E-state index contributed by atoms with van der Waals surface area (Å²) in [4.78, 5) is 0. The van der Waals surface area contributed by atoms with Gasteiger partial charge in [-0.15, -0.1) is 0 Å². The molecule has 96 valence electrons. The number of hydrogen-bond acceptors (Lipinski definition) is 2. The van der Waals surface area contributed by atoms with E-state index in [1.807, 2.05) is 12.1 Å². The SMILES string of the molecule is Oc1ccc(-c2ccc3ccc(O)cc3[o+]2)cc1.[Cl-]. The molecule has 0 saturated carbocycles. The Balaban J connectivity index is 0.00000133. The van der Waals surface area contributed by atoms with Crippen molar-refractivity contribution in [3.8, 4) is 22.8 Å². The Hall–Kier alpha value is -2.26. The normalized spacial score (nSPS) is 10.1. The van der Waals surface area contributed by atoms with E-state index in [1.54, 1.807) is 42.5 Å². The van der Waals surface area contributed by atoms with Gasteiger partial charge in [0.1, 0.15) is 11.5 Å². The summed E-state index contributed by atoms with van der Waals surface area (Å²) in [7, 11) is 0. The molecule has 0 aliphatic carbocycles. The Bertz CT molecular complexity index is 708. The van der Waals surface area contributed by atoms with Crippen molar-refractivity contribution in [2.24, 2.45) is 0 Å². The van der Waals surface area contributed by atoms with E-state index in [-0.39, 0.29) is 23.9 Å². The van der Waals surface area contributed by atoms with Gasteiger partial charge in [-0.25, -0.2) is 4.42 Å². The zero-order valence-corrected chi connectivity index (χ0v) is 10.6. The summed E-state index contributed by atoms with van der Waals surface area (Å²) in [5.41, 5.74) is 1.50. The maximum absolute atomic E-state index is 9.44. The van der Waals surface area contributed by atoms with Gasteiger partial charge in [0, 0.05) is 6.07 Å². The van der Waals surface area contributed by atoms with Crippen molar-refractivity contribution >= 4 is 11.0 Å². The molecule has 0 aliphatic heterocycles. The molecule has 0 bridgehead atoms. The van der Waals surface area contributed by atoms with Crippen molar-refractivity contribution in [2.45, 2.75) is 0 Å². The van der Waals surface area contributed by atoms with Gasteiger partial charge in [0.15, 0.2) is 0 Å². The molecule has 0 spiro atoms. The fraction of sp³-hybridized carbons (Fsp3) is 0. The number of aromatic hydroxyl groups is 2. The molecule has 2 N–H and O–H groups in total. The van der Waals surface area contributed by atoms with Crippen molar-refractivity contribution in [1.29, 1.82) is 0 Å². The van der Waals surface area contributed by atoms with Crippen molar-refractivity contribution in [3.05, 3.63) is 54.6 Å². The van der Waals surface area contributed by atoms with E-state index in [0.29, 0.717) is 11.3 Å². The Morgan fingerprint density at radius 2 is 1.37 bits per heavy atom. The quantitative estimate of drug-likeness (QED) is 0.646. The van der Waals surface area contributed by atoms with E-state index in [1.165, 1.54) is 0 Å². The Kier molecular flexibility index (Phi) is 3.58. The van der Waals surface area contributed by atoms with Gasteiger partial charge in [-0.2, -0.15) is 0 Å². The summed E-state index contributed by atoms with van der Waals surface area (Å²) < 4.78 is 5.73. The zero-order valence-electron chi connectivity index (χ0n) is 9.88. The van der Waals surface area contributed by atoms with Crippen molar-refractivity contribution in [1.82, 2.24) is 0 Å². The molecule has 4 heteroatoms. The van der Waals surface area contributed by atoms with Crippen LogP contribution in [0.2, 0.25) is 0 Å². The summed E-state index contributed by atoms with van der Waals surface area (Å²) in [6, 6.07) is 15.6. The van der Waals surface area contributed by atoms with E-state index in [4.69, 9.17) is 4.42 Å². The molecular weight excluding hydrogens is 264 g/mol. The average Bonchev–Trinajstić information content (AvgIpc) is 2.38. The fourth-order valence-corrected chi connectivity index (χ4v) is 1.85. The van der Waals surface area contributed by atoms with Crippen LogP contribution in [0.3, 0.4) is 0 Å². The molecule has 0 unspecified atom stereocenters. The van der Waals surface area contributed by atoms with E-state index in [0.717, 1.165) is 10.9 Å². The van der Waals surface area contributed by atoms with E-state index < -0.39 is 0 Å². The van der Waals surface area contributed by atoms with E-state index in [2.05, 4.69) is 0 Å². The lowest BCUT2D eigenvalue weighted by Gasteiger charge is -1.94. The minimum absolute atomic E-state index is 0. The first-order valence-electron chi connectivity index (χ1n) is 5.58. The van der Waals surface area contributed by atoms with Crippen LogP contribution in [0.25, 0.3) is 22.3 Å². The molecule has 1 heterocycles. The second-order valence-corrected chi connectivity index (χ2v) is 4.07. The number of halogens is 1. The lowest BCUT2D eigenvalue weighted by molar-refractivity contribution is -0.00000613. The van der Waals surface area contributed by atoms with Gasteiger partial charge in [-0.05, 0) is 42.5 Å². The van der Waals surface area contributed by atoms with Gasteiger partial charge < -0.3 is 22.6 Å². The summed E-state index contributed by atoms with van der Waals surface area (Å²) in [6.07, 6.45) is 0. The summed E-state index contributed by atoms with van der Waals surface area (Å²) in [6.45, 7) is 0. The van der Waals surface area contributed by atoms with Gasteiger partial charge in [0.25, 0.3) is 0 Å². The Morgan fingerprint density at radius 3 is 2.11 bits per heavy atom. The van der Waals surface area contributed by atoms with Gasteiger partial charge in [-0.1, -0.05) is 0 Å². The minimum Gasteiger partial charge on any atom is -1.00 e. The number of phenolic OH excluding ortho intramolecular Hbond substituents is 2. The first-order valence-corrected chi connectivity index (χ1v) is 5.58. The molecule has 1 aromatic heterocycles. The van der Waals surface area contributed by atoms with Crippen LogP contribution < -0.4 is 12.4 Å². The van der Waals surface area contributed by atoms with Crippen LogP contribution in [0.5, 0.6) is 11.5 Å². The molecule has 3 rings (SSSR count). The first-order chi connectivity index (χ1) is 8.72. The highest BCUT2D eigenvalue weighted by Crippen LogP contribution is 2.27. The second-order valence-electron chi connectivity index (χ2n) is 4.07. The summed E-state index contributed by atoms with van der Waals surface area (Å²) >= 11 is 0. The molecule has 0 saturated heterocycles. The number of fused-ring (bicyclic) bond motifs is 1. The first kappa shape index (κ1) is 13.2. The van der Waals surface area contributed by atoms with Crippen LogP contribution in [0.1, 0.15) is 0 Å². The Morgan fingerprint density at radius 1 is 0.737 bits per heavy atom. The largest absolute Gasteiger partial charge is 1.00 e. The molecule has 0 aliphatic rings. The molecule has 0 radical (unpaired) electrons. The van der Waals surface area contributed by atoms with Crippen molar-refractivity contribution < 1.29 is 27.0 Å². The van der Waals surface area contributed by atoms with Crippen LogP contribution in [-0.4, -0.2) is 10.2 Å². The molecule has 2 aromatic carbocycles. The highest BCUT2D eigenvalue weighted by molar-refractivity contribution is 5.80. The monoisotopic (exact) mass is 274 g/mol. The fourth-order valence-electron chi connectivity index (χ4n) is 1.85. The topological polar surface area (TPSA) is 51.8 Å². The molecule has 19 heavy (non-hydrogen) atoms. The summed E-state index contributed by atoms with van der Waals surface area (Å²) in [5.74, 6) is 1.08. The predicted molar refractivity (Wildman–Crippen MR) is 69.4 cm³/mol. The van der Waals surface area contributed by atoms with Crippen LogP contribution in [0, 0.1) is 0 Å². The number of rotatable bonds is 1. The van der Waals surface area contributed by atoms with E-state index in [9.17, 15) is 10.2 Å². The minimum atomic E-state index is 0. The number of benzene rings is 2. The second kappa shape index (κ2) is 5.16. The highest BCUT2D eigenvalue weighted by Gasteiger charge is 2.14. The zero-order chi connectivity index (χ0) is 12.5. The third kappa shape index (κ3) is 2.61. The lowest BCUT2D eigenvalue weighted by Crippen LogP contribution is -3.00. The Labute approximate surface area is 116 Å². The lowest BCUT2D eigenvalue weighted by atomic mass is 10.1. The maximum Gasteiger partial charge on any atom is 0.364 e. The van der Waals surface area contributed by atoms with Gasteiger partial charge >= 0.3 is 11.3 Å². The van der Waals surface area contributed by atoms with Gasteiger partial charge in [0.2, 0.25) is 0 Å². The third-order valence-electron chi connectivity index (χ3n) is 2.78. The standard InChI is InChI=1S/C15H10O3.ClH/c16-12-5-1-10(2-6-12)14-8-4-11-3-7-13(17)9-15(11)18-14;/h1-9H,(H-,16,17);1H. The summed E-state index contributed by atoms with van der Waals surface area (Å²) in [5, 5.41) is 19.6. The smallest absolute Gasteiger partial charge is 0.364 e. The maximum atomic E-state index is 9.44. The van der Waals surface area contributed by atoms with Crippen LogP contribution in [0.4, 0.5) is 0 Å². The van der Waals surface area contributed by atoms with Crippen LogP contribution in [-0.2, 0) is 0 Å². The van der Waals surface area contributed by atoms with Gasteiger partial charge in [0.05, 0.1) is 17.0 Å². The van der Waals surface area contributed by atoms with Crippen LogP contribution >= 0.6 is 0 Å². The average molecular weight is 275 g/mol. The molecule has 3 aromatic rings. The number of phenols is 2. The van der Waals surface area contributed by atoms with Crippen LogP contribution in [0.15, 0.2) is 59.0 Å². The predicted octanol–water partition coefficient (Wildman–Crippen LogP) is 0.796. The van der Waals surface area contributed by atoms with E-state index >= 15 is 0 Å². The molecular formula is C15H11ClO3. The number of hydrogen-bond donors (Lipinski definition) is 2. The molecule has 3 nitrogen and oxygen atoms in total. The van der Waals surface area contributed by atoms with Crippen molar-refractivity contribution in [3.63, 3.8) is 0 Å². The van der Waals surface area contributed by atoms with Gasteiger partial charge in [-0.3, -0.25) is 0 Å². The van der Waals surface area contributed by atoms with Crippen molar-refractivity contribution in [2.75, 3.05) is 0 Å². The third-order valence-corrected chi connectivity index (χ3v) is 2.78. The molecule has 0 amide bonds. The highest BCUT2D eigenvalue weighted by atomic mass is 35.5.